The largest absolute Gasteiger partial charge is 0.477 e. The SMILES string of the molecule is CCOC(=O)C(C)Oc1cc(Br)ccc1Cl. The van der Waals surface area contributed by atoms with Gasteiger partial charge in [0.05, 0.1) is 11.6 Å². The molecule has 1 aromatic carbocycles. The van der Waals surface area contributed by atoms with E-state index in [1.54, 1.807) is 32.0 Å². The molecule has 0 spiro atoms. The summed E-state index contributed by atoms with van der Waals surface area (Å²) in [7, 11) is 0. The summed E-state index contributed by atoms with van der Waals surface area (Å²) in [6.07, 6.45) is -0.674. The maximum Gasteiger partial charge on any atom is 0.347 e. The van der Waals surface area contributed by atoms with Crippen LogP contribution < -0.4 is 4.74 Å². The van der Waals surface area contributed by atoms with Crippen LogP contribution in [-0.4, -0.2) is 18.7 Å². The van der Waals surface area contributed by atoms with Gasteiger partial charge in [0.25, 0.3) is 0 Å². The molecule has 0 radical (unpaired) electrons. The third-order valence-corrected chi connectivity index (χ3v) is 2.62. The van der Waals surface area contributed by atoms with Crippen LogP contribution in [0.1, 0.15) is 13.8 Å². The first-order chi connectivity index (χ1) is 7.54. The number of halogens is 2. The van der Waals surface area contributed by atoms with E-state index in [1.165, 1.54) is 0 Å². The number of carbonyl (C=O) groups is 1. The zero-order valence-corrected chi connectivity index (χ0v) is 11.3. The lowest BCUT2D eigenvalue weighted by molar-refractivity contribution is -0.150. The second kappa shape index (κ2) is 6.11. The Morgan fingerprint density at radius 1 is 1.56 bits per heavy atom. The average Bonchev–Trinajstić information content (AvgIpc) is 2.23. The quantitative estimate of drug-likeness (QED) is 0.799. The Balaban J connectivity index is 2.72. The van der Waals surface area contributed by atoms with Crippen molar-refractivity contribution in [1.82, 2.24) is 0 Å². The fraction of sp³-hybridized carbons (Fsp3) is 0.364. The number of rotatable bonds is 4. The Hall–Kier alpha value is -0.740. The molecule has 0 aliphatic heterocycles. The van der Waals surface area contributed by atoms with Crippen LogP contribution in [0.4, 0.5) is 0 Å². The molecule has 0 aliphatic rings. The highest BCUT2D eigenvalue weighted by Gasteiger charge is 2.17. The molecule has 0 aliphatic carbocycles. The van der Waals surface area contributed by atoms with Gasteiger partial charge in [0.2, 0.25) is 0 Å². The molecule has 0 heterocycles. The summed E-state index contributed by atoms with van der Waals surface area (Å²) in [5.74, 6) is 0.0511. The second-order valence-electron chi connectivity index (χ2n) is 3.09. The molecular formula is C11H12BrClO3. The fourth-order valence-electron chi connectivity index (χ4n) is 1.07. The van der Waals surface area contributed by atoms with Gasteiger partial charge in [0.15, 0.2) is 6.10 Å². The minimum atomic E-state index is -0.674. The van der Waals surface area contributed by atoms with E-state index in [2.05, 4.69) is 15.9 Å². The van der Waals surface area contributed by atoms with Crippen molar-refractivity contribution in [3.05, 3.63) is 27.7 Å². The van der Waals surface area contributed by atoms with Crippen LogP contribution in [0.5, 0.6) is 5.75 Å². The molecule has 0 amide bonds. The van der Waals surface area contributed by atoms with E-state index in [0.29, 0.717) is 17.4 Å². The molecule has 1 unspecified atom stereocenters. The highest BCUT2D eigenvalue weighted by molar-refractivity contribution is 9.10. The van der Waals surface area contributed by atoms with Crippen LogP contribution in [0.15, 0.2) is 22.7 Å². The number of hydrogen-bond acceptors (Lipinski definition) is 3. The number of carbonyl (C=O) groups excluding carboxylic acids is 1. The van der Waals surface area contributed by atoms with Crippen LogP contribution in [0.25, 0.3) is 0 Å². The van der Waals surface area contributed by atoms with Gasteiger partial charge in [-0.15, -0.1) is 0 Å². The number of benzene rings is 1. The molecule has 16 heavy (non-hydrogen) atoms. The number of hydrogen-bond donors (Lipinski definition) is 0. The molecule has 0 saturated heterocycles. The number of ether oxygens (including phenoxy) is 2. The standard InChI is InChI=1S/C11H12BrClO3/c1-3-15-11(14)7(2)16-10-6-8(12)4-5-9(10)13/h4-7H,3H2,1-2H3. The molecule has 3 nitrogen and oxygen atoms in total. The van der Waals surface area contributed by atoms with Gasteiger partial charge in [0, 0.05) is 4.47 Å². The van der Waals surface area contributed by atoms with Gasteiger partial charge < -0.3 is 9.47 Å². The fourth-order valence-corrected chi connectivity index (χ4v) is 1.57. The summed E-state index contributed by atoms with van der Waals surface area (Å²) in [4.78, 5) is 11.3. The molecule has 0 bridgehead atoms. The Morgan fingerprint density at radius 2 is 2.25 bits per heavy atom. The van der Waals surface area contributed by atoms with E-state index in [1.807, 2.05) is 0 Å². The monoisotopic (exact) mass is 306 g/mol. The highest BCUT2D eigenvalue weighted by atomic mass is 79.9. The van der Waals surface area contributed by atoms with Crippen molar-refractivity contribution < 1.29 is 14.3 Å². The van der Waals surface area contributed by atoms with E-state index in [-0.39, 0.29) is 0 Å². The lowest BCUT2D eigenvalue weighted by Gasteiger charge is -2.14. The second-order valence-corrected chi connectivity index (χ2v) is 4.41. The van der Waals surface area contributed by atoms with Gasteiger partial charge in [-0.05, 0) is 32.0 Å². The molecule has 1 aromatic rings. The van der Waals surface area contributed by atoms with Gasteiger partial charge in [-0.3, -0.25) is 0 Å². The molecule has 1 atom stereocenters. The summed E-state index contributed by atoms with van der Waals surface area (Å²) >= 11 is 9.22. The highest BCUT2D eigenvalue weighted by Crippen LogP contribution is 2.28. The predicted molar refractivity (Wildman–Crippen MR) is 65.9 cm³/mol. The third kappa shape index (κ3) is 3.68. The van der Waals surface area contributed by atoms with Crippen molar-refractivity contribution in [2.75, 3.05) is 6.61 Å². The predicted octanol–water partition coefficient (Wildman–Crippen LogP) is 3.43. The van der Waals surface area contributed by atoms with Crippen molar-refractivity contribution in [2.24, 2.45) is 0 Å². The van der Waals surface area contributed by atoms with Crippen LogP contribution >= 0.6 is 27.5 Å². The van der Waals surface area contributed by atoms with Gasteiger partial charge >= 0.3 is 5.97 Å². The number of esters is 1. The van der Waals surface area contributed by atoms with Crippen LogP contribution in [0, 0.1) is 0 Å². The summed E-state index contributed by atoms with van der Waals surface area (Å²) < 4.78 is 11.1. The van der Waals surface area contributed by atoms with Crippen LogP contribution in [0.2, 0.25) is 5.02 Å². The minimum absolute atomic E-state index is 0.332. The Bertz CT molecular complexity index is 381. The average molecular weight is 308 g/mol. The van der Waals surface area contributed by atoms with Gasteiger partial charge in [-0.25, -0.2) is 4.79 Å². The smallest absolute Gasteiger partial charge is 0.347 e. The Labute approximate surface area is 108 Å². The lowest BCUT2D eigenvalue weighted by atomic mass is 10.3. The molecule has 0 N–H and O–H groups in total. The van der Waals surface area contributed by atoms with E-state index in [4.69, 9.17) is 21.1 Å². The van der Waals surface area contributed by atoms with Crippen LogP contribution in [-0.2, 0) is 9.53 Å². The van der Waals surface area contributed by atoms with E-state index >= 15 is 0 Å². The van der Waals surface area contributed by atoms with Crippen molar-refractivity contribution in [2.45, 2.75) is 20.0 Å². The van der Waals surface area contributed by atoms with Crippen molar-refractivity contribution in [1.29, 1.82) is 0 Å². The molecule has 0 aromatic heterocycles. The lowest BCUT2D eigenvalue weighted by Crippen LogP contribution is -2.26. The normalized spacial score (nSPS) is 12.0. The Morgan fingerprint density at radius 3 is 2.88 bits per heavy atom. The summed E-state index contributed by atoms with van der Waals surface area (Å²) in [5.41, 5.74) is 0. The topological polar surface area (TPSA) is 35.5 Å². The maximum atomic E-state index is 11.3. The van der Waals surface area contributed by atoms with Gasteiger partial charge in [-0.1, -0.05) is 27.5 Å². The molecule has 0 saturated carbocycles. The third-order valence-electron chi connectivity index (χ3n) is 1.82. The molecule has 0 fully saturated rings. The molecule has 1 rings (SSSR count). The summed E-state index contributed by atoms with van der Waals surface area (Å²) in [6, 6.07) is 5.20. The minimum Gasteiger partial charge on any atom is -0.477 e. The van der Waals surface area contributed by atoms with E-state index in [0.717, 1.165) is 4.47 Å². The molecule has 88 valence electrons. The molecule has 5 heteroatoms. The maximum absolute atomic E-state index is 11.3. The molecular weight excluding hydrogens is 295 g/mol. The van der Waals surface area contributed by atoms with Crippen molar-refractivity contribution in [3.63, 3.8) is 0 Å². The van der Waals surface area contributed by atoms with Gasteiger partial charge in [-0.2, -0.15) is 0 Å². The van der Waals surface area contributed by atoms with Crippen molar-refractivity contribution >= 4 is 33.5 Å². The summed E-state index contributed by atoms with van der Waals surface area (Å²) in [5, 5.41) is 0.458. The first-order valence-corrected chi connectivity index (χ1v) is 6.00. The Kier molecular flexibility index (Phi) is 5.09. The van der Waals surface area contributed by atoms with Crippen molar-refractivity contribution in [3.8, 4) is 5.75 Å². The first kappa shape index (κ1) is 13.3. The van der Waals surface area contributed by atoms with Crippen LogP contribution in [0.3, 0.4) is 0 Å². The van der Waals surface area contributed by atoms with E-state index < -0.39 is 12.1 Å². The first-order valence-electron chi connectivity index (χ1n) is 4.83. The zero-order chi connectivity index (χ0) is 12.1. The van der Waals surface area contributed by atoms with Gasteiger partial charge in [0.1, 0.15) is 5.75 Å². The van der Waals surface area contributed by atoms with E-state index in [9.17, 15) is 4.79 Å². The zero-order valence-electron chi connectivity index (χ0n) is 9.00. The summed E-state index contributed by atoms with van der Waals surface area (Å²) in [6.45, 7) is 3.70.